The minimum absolute atomic E-state index is 0.0720. The van der Waals surface area contributed by atoms with Crippen molar-refractivity contribution >= 4 is 39.1 Å². The molecule has 1 aromatic heterocycles. The van der Waals surface area contributed by atoms with Gasteiger partial charge in [-0.3, -0.25) is 10.1 Å². The predicted molar refractivity (Wildman–Crippen MR) is 70.4 cm³/mol. The number of nitrogens with one attached hydrogen (secondary N) is 1. The maximum absolute atomic E-state index is 13.6. The van der Waals surface area contributed by atoms with E-state index in [1.54, 1.807) is 0 Å². The molecule has 2 aromatic rings. The topological polar surface area (TPSA) is 107 Å². The highest BCUT2D eigenvalue weighted by atomic mass is 79.9. The molecule has 104 valence electrons. The van der Waals surface area contributed by atoms with Crippen molar-refractivity contribution in [3.05, 3.63) is 44.6 Å². The molecule has 0 aliphatic heterocycles. The first-order valence-electron chi connectivity index (χ1n) is 5.07. The zero-order valence-electron chi connectivity index (χ0n) is 9.60. The van der Waals surface area contributed by atoms with E-state index >= 15 is 0 Å². The molecule has 0 saturated carbocycles. The summed E-state index contributed by atoms with van der Waals surface area (Å²) in [5, 5.41) is 13.1. The van der Waals surface area contributed by atoms with E-state index in [0.29, 0.717) is 0 Å². The Morgan fingerprint density at radius 2 is 2.05 bits per heavy atom. The molecule has 1 heterocycles. The maximum atomic E-state index is 13.6. The zero-order chi connectivity index (χ0) is 14.9. The van der Waals surface area contributed by atoms with Crippen LogP contribution >= 0.6 is 15.9 Å². The van der Waals surface area contributed by atoms with Gasteiger partial charge in [-0.05, 0) is 22.0 Å². The van der Waals surface area contributed by atoms with Gasteiger partial charge in [-0.2, -0.15) is 4.98 Å². The number of nitrogens with two attached hydrogens (primary N) is 1. The summed E-state index contributed by atoms with van der Waals surface area (Å²) in [6.07, 6.45) is 0.873. The molecule has 0 saturated heterocycles. The largest absolute Gasteiger partial charge is 0.368 e. The van der Waals surface area contributed by atoms with E-state index in [1.165, 1.54) is 0 Å². The normalized spacial score (nSPS) is 10.3. The summed E-state index contributed by atoms with van der Waals surface area (Å²) in [5.74, 6) is -2.12. The molecule has 0 amide bonds. The van der Waals surface area contributed by atoms with Crippen molar-refractivity contribution in [1.29, 1.82) is 0 Å². The molecule has 0 unspecified atom stereocenters. The van der Waals surface area contributed by atoms with Crippen LogP contribution in [0.4, 0.5) is 31.9 Å². The van der Waals surface area contributed by atoms with E-state index < -0.39 is 22.2 Å². The number of hydrogen-bond acceptors (Lipinski definition) is 6. The molecule has 1 aromatic carbocycles. The quantitative estimate of drug-likeness (QED) is 0.503. The van der Waals surface area contributed by atoms with Crippen LogP contribution in [0, 0.1) is 21.7 Å². The SMILES string of the molecule is Nc1ncc([N+](=O)[O-])c(Nc2cc(F)c(Br)cc2F)n1. The summed E-state index contributed by atoms with van der Waals surface area (Å²) in [5.41, 5.74) is 4.49. The lowest BCUT2D eigenvalue weighted by Gasteiger charge is -2.08. The standard InChI is InChI=1S/C10H6BrF2N5O2/c11-4-1-6(13)7(2-5(4)12)16-9-8(18(19)20)3-15-10(14)17-9/h1-3H,(H3,14,15,16,17). The first kappa shape index (κ1) is 14.1. The molecule has 0 radical (unpaired) electrons. The van der Waals surface area contributed by atoms with Crippen molar-refractivity contribution in [1.82, 2.24) is 9.97 Å². The molecule has 3 N–H and O–H groups in total. The first-order valence-corrected chi connectivity index (χ1v) is 5.86. The lowest BCUT2D eigenvalue weighted by molar-refractivity contribution is -0.384. The minimum Gasteiger partial charge on any atom is -0.368 e. The van der Waals surface area contributed by atoms with Gasteiger partial charge in [0.1, 0.15) is 17.8 Å². The average molecular weight is 346 g/mol. The summed E-state index contributed by atoms with van der Waals surface area (Å²) in [7, 11) is 0. The number of aromatic nitrogens is 2. The summed E-state index contributed by atoms with van der Waals surface area (Å²) in [6.45, 7) is 0. The lowest BCUT2D eigenvalue weighted by atomic mass is 10.3. The Labute approximate surface area is 119 Å². The average Bonchev–Trinajstić information content (AvgIpc) is 2.35. The summed E-state index contributed by atoms with van der Waals surface area (Å²) >= 11 is 2.82. The van der Waals surface area contributed by atoms with Crippen molar-refractivity contribution in [3.8, 4) is 0 Å². The smallest absolute Gasteiger partial charge is 0.329 e. The fourth-order valence-electron chi connectivity index (χ4n) is 1.36. The van der Waals surface area contributed by atoms with Gasteiger partial charge >= 0.3 is 5.69 Å². The van der Waals surface area contributed by atoms with Crippen LogP contribution in [0.3, 0.4) is 0 Å². The molecule has 20 heavy (non-hydrogen) atoms. The molecule has 0 bridgehead atoms. The van der Waals surface area contributed by atoms with E-state index in [4.69, 9.17) is 5.73 Å². The minimum atomic E-state index is -0.815. The van der Waals surface area contributed by atoms with Crippen LogP contribution in [-0.2, 0) is 0 Å². The van der Waals surface area contributed by atoms with Crippen molar-refractivity contribution < 1.29 is 13.7 Å². The summed E-state index contributed by atoms with van der Waals surface area (Å²) in [4.78, 5) is 17.1. The highest BCUT2D eigenvalue weighted by Crippen LogP contribution is 2.29. The van der Waals surface area contributed by atoms with Gasteiger partial charge in [-0.1, -0.05) is 0 Å². The number of benzene rings is 1. The highest BCUT2D eigenvalue weighted by Gasteiger charge is 2.19. The van der Waals surface area contributed by atoms with E-state index in [1.807, 2.05) is 0 Å². The molecule has 0 spiro atoms. The third-order valence-electron chi connectivity index (χ3n) is 2.25. The lowest BCUT2D eigenvalue weighted by Crippen LogP contribution is -2.05. The zero-order valence-corrected chi connectivity index (χ0v) is 11.2. The highest BCUT2D eigenvalue weighted by molar-refractivity contribution is 9.10. The van der Waals surface area contributed by atoms with Crippen molar-refractivity contribution in [2.24, 2.45) is 0 Å². The van der Waals surface area contributed by atoms with Gasteiger partial charge in [-0.25, -0.2) is 13.8 Å². The van der Waals surface area contributed by atoms with Gasteiger partial charge in [0.25, 0.3) is 0 Å². The Balaban J connectivity index is 2.47. The van der Waals surface area contributed by atoms with Crippen LogP contribution in [0.1, 0.15) is 0 Å². The van der Waals surface area contributed by atoms with Crippen LogP contribution in [-0.4, -0.2) is 14.9 Å². The third-order valence-corrected chi connectivity index (χ3v) is 2.86. The van der Waals surface area contributed by atoms with Gasteiger partial charge in [0.2, 0.25) is 11.8 Å². The Morgan fingerprint density at radius 1 is 1.35 bits per heavy atom. The van der Waals surface area contributed by atoms with Crippen LogP contribution in [0.2, 0.25) is 0 Å². The van der Waals surface area contributed by atoms with Crippen LogP contribution < -0.4 is 11.1 Å². The summed E-state index contributed by atoms with van der Waals surface area (Å²) < 4.78 is 26.9. The second-order valence-electron chi connectivity index (χ2n) is 3.59. The first-order chi connectivity index (χ1) is 9.38. The number of nitrogens with zero attached hydrogens (tertiary/aromatic N) is 3. The van der Waals surface area contributed by atoms with Crippen molar-refractivity contribution in [2.45, 2.75) is 0 Å². The van der Waals surface area contributed by atoms with Crippen LogP contribution in [0.15, 0.2) is 22.8 Å². The molecule has 0 atom stereocenters. The number of hydrogen-bond donors (Lipinski definition) is 2. The second-order valence-corrected chi connectivity index (χ2v) is 4.44. The Bertz CT molecular complexity index is 698. The van der Waals surface area contributed by atoms with Gasteiger partial charge in [0.05, 0.1) is 15.1 Å². The van der Waals surface area contributed by atoms with Crippen LogP contribution in [0.5, 0.6) is 0 Å². The van der Waals surface area contributed by atoms with E-state index in [9.17, 15) is 18.9 Å². The molecular formula is C10H6BrF2N5O2. The van der Waals surface area contributed by atoms with E-state index in [0.717, 1.165) is 18.3 Å². The number of nitro groups is 1. The van der Waals surface area contributed by atoms with Gasteiger partial charge in [0, 0.05) is 6.07 Å². The summed E-state index contributed by atoms with van der Waals surface area (Å²) in [6, 6.07) is 1.72. The van der Waals surface area contributed by atoms with Crippen molar-refractivity contribution in [2.75, 3.05) is 11.1 Å². The Hall–Kier alpha value is -2.36. The molecular weight excluding hydrogens is 340 g/mol. The van der Waals surface area contributed by atoms with E-state index in [-0.39, 0.29) is 21.9 Å². The monoisotopic (exact) mass is 345 g/mol. The van der Waals surface area contributed by atoms with E-state index in [2.05, 4.69) is 31.2 Å². The molecule has 2 rings (SSSR count). The van der Waals surface area contributed by atoms with Gasteiger partial charge < -0.3 is 11.1 Å². The Morgan fingerprint density at radius 3 is 2.70 bits per heavy atom. The number of anilines is 3. The predicted octanol–water partition coefficient (Wildman–Crippen LogP) is 2.75. The van der Waals surface area contributed by atoms with Crippen molar-refractivity contribution in [3.63, 3.8) is 0 Å². The molecule has 0 fully saturated rings. The molecule has 0 aliphatic rings. The second kappa shape index (κ2) is 5.33. The third kappa shape index (κ3) is 2.79. The molecule has 10 heteroatoms. The number of halogens is 3. The Kier molecular flexibility index (Phi) is 3.74. The van der Waals surface area contributed by atoms with Gasteiger partial charge in [0.15, 0.2) is 0 Å². The van der Waals surface area contributed by atoms with Gasteiger partial charge in [-0.15, -0.1) is 0 Å². The maximum Gasteiger partial charge on any atom is 0.329 e. The van der Waals surface area contributed by atoms with Crippen LogP contribution in [0.25, 0.3) is 0 Å². The fraction of sp³-hybridized carbons (Fsp3) is 0. The number of rotatable bonds is 3. The molecule has 7 nitrogen and oxygen atoms in total. The number of nitrogen functional groups attached to an aromatic ring is 1. The fourth-order valence-corrected chi connectivity index (χ4v) is 1.68. The molecule has 0 aliphatic carbocycles.